The van der Waals surface area contributed by atoms with Crippen molar-refractivity contribution in [3.8, 4) is 0 Å². The van der Waals surface area contributed by atoms with Crippen molar-refractivity contribution < 1.29 is 9.32 Å². The molecule has 3 rings (SSSR count). The maximum atomic E-state index is 12.5. The van der Waals surface area contributed by atoms with E-state index in [-0.39, 0.29) is 11.4 Å². The summed E-state index contributed by atoms with van der Waals surface area (Å²) in [6.07, 6.45) is 0. The van der Waals surface area contributed by atoms with E-state index >= 15 is 0 Å². The predicted octanol–water partition coefficient (Wildman–Crippen LogP) is 3.94. The predicted molar refractivity (Wildman–Crippen MR) is 104 cm³/mol. The summed E-state index contributed by atoms with van der Waals surface area (Å²) < 4.78 is 5.33. The average Bonchev–Trinajstić information content (AvgIpc) is 3.06. The van der Waals surface area contributed by atoms with E-state index in [4.69, 9.17) is 4.52 Å². The number of rotatable bonds is 2. The number of benzene rings is 1. The number of carbonyl (C=O) groups excluding carboxylic acids is 1. The van der Waals surface area contributed by atoms with Gasteiger partial charge in [0.05, 0.1) is 0 Å². The highest BCUT2D eigenvalue weighted by atomic mass is 16.5. The number of amides is 2. The normalized spacial score (nSPS) is 15.3. The van der Waals surface area contributed by atoms with E-state index in [1.165, 1.54) is 16.8 Å². The molecule has 2 aromatic rings. The van der Waals surface area contributed by atoms with E-state index in [1.807, 2.05) is 25.7 Å². The molecule has 1 fully saturated rings. The van der Waals surface area contributed by atoms with Crippen LogP contribution >= 0.6 is 0 Å². The molecule has 1 N–H and O–H groups in total. The zero-order valence-corrected chi connectivity index (χ0v) is 16.3. The molecule has 1 saturated heterocycles. The van der Waals surface area contributed by atoms with Crippen LogP contribution in [0, 0.1) is 13.8 Å². The summed E-state index contributed by atoms with van der Waals surface area (Å²) in [6, 6.07) is 8.05. The summed E-state index contributed by atoms with van der Waals surface area (Å²) in [6.45, 7) is 13.4. The number of hydrogen-bond donors (Lipinski definition) is 1. The topological polar surface area (TPSA) is 61.6 Å². The first-order chi connectivity index (χ1) is 12.3. The van der Waals surface area contributed by atoms with Gasteiger partial charge < -0.3 is 14.3 Å². The Bertz CT molecular complexity index is 783. The van der Waals surface area contributed by atoms with Crippen molar-refractivity contribution in [3.63, 3.8) is 0 Å². The average molecular weight is 356 g/mol. The van der Waals surface area contributed by atoms with Crippen LogP contribution < -0.4 is 10.2 Å². The van der Waals surface area contributed by atoms with Crippen LogP contribution in [0.25, 0.3) is 0 Å². The van der Waals surface area contributed by atoms with Crippen molar-refractivity contribution in [1.82, 2.24) is 10.1 Å². The molecule has 0 saturated carbocycles. The second-order valence-electron chi connectivity index (χ2n) is 7.95. The van der Waals surface area contributed by atoms with E-state index in [0.717, 1.165) is 18.8 Å². The molecule has 0 atom stereocenters. The molecule has 0 unspecified atom stereocenters. The molecule has 0 spiro atoms. The highest BCUT2D eigenvalue weighted by molar-refractivity contribution is 5.88. The summed E-state index contributed by atoms with van der Waals surface area (Å²) in [5.41, 5.74) is 3.73. The first kappa shape index (κ1) is 18.3. The fourth-order valence-electron chi connectivity index (χ4n) is 3.10. The van der Waals surface area contributed by atoms with Crippen molar-refractivity contribution in [1.29, 1.82) is 0 Å². The smallest absolute Gasteiger partial charge is 0.323 e. The molecule has 140 valence electrons. The molecule has 1 aliphatic heterocycles. The fraction of sp³-hybridized carbons (Fsp3) is 0.500. The van der Waals surface area contributed by atoms with Crippen LogP contribution in [-0.2, 0) is 5.41 Å². The van der Waals surface area contributed by atoms with Gasteiger partial charge in [-0.15, -0.1) is 0 Å². The minimum absolute atomic E-state index is 0.126. The summed E-state index contributed by atoms with van der Waals surface area (Å²) in [5, 5.41) is 6.80. The maximum Gasteiger partial charge on any atom is 0.323 e. The Labute approximate surface area is 155 Å². The number of nitrogens with zero attached hydrogens (tertiary/aromatic N) is 3. The van der Waals surface area contributed by atoms with Crippen LogP contribution in [0.4, 0.5) is 16.3 Å². The number of aromatic nitrogens is 1. The lowest BCUT2D eigenvalue weighted by Crippen LogP contribution is -2.50. The maximum absolute atomic E-state index is 12.5. The van der Waals surface area contributed by atoms with Gasteiger partial charge in [0.1, 0.15) is 5.76 Å². The van der Waals surface area contributed by atoms with Crippen molar-refractivity contribution in [2.45, 2.75) is 40.0 Å². The molecule has 2 amide bonds. The van der Waals surface area contributed by atoms with Gasteiger partial charge in [0, 0.05) is 43.3 Å². The van der Waals surface area contributed by atoms with Crippen LogP contribution in [-0.4, -0.2) is 42.3 Å². The zero-order valence-electron chi connectivity index (χ0n) is 16.3. The number of anilines is 2. The van der Waals surface area contributed by atoms with Gasteiger partial charge in [-0.1, -0.05) is 38.1 Å². The minimum atomic E-state index is -0.132. The third-order valence-electron chi connectivity index (χ3n) is 4.97. The van der Waals surface area contributed by atoms with Gasteiger partial charge in [-0.25, -0.2) is 4.79 Å². The van der Waals surface area contributed by atoms with Gasteiger partial charge in [0.15, 0.2) is 5.82 Å². The standard InChI is InChI=1S/C20H28N4O2/c1-14-7-6-8-16(15(14)2)23-9-11-24(12-10-23)19(25)21-18-13-17(26-22-18)20(3,4)5/h6-8,13H,9-12H2,1-5H3,(H,21,22,25). The molecule has 6 heteroatoms. The first-order valence-corrected chi connectivity index (χ1v) is 9.10. The monoisotopic (exact) mass is 356 g/mol. The van der Waals surface area contributed by atoms with Gasteiger partial charge in [-0.2, -0.15) is 0 Å². The number of urea groups is 1. The summed E-state index contributed by atoms with van der Waals surface area (Å²) in [5.74, 6) is 1.23. The summed E-state index contributed by atoms with van der Waals surface area (Å²) in [4.78, 5) is 16.7. The van der Waals surface area contributed by atoms with Crippen LogP contribution in [0.15, 0.2) is 28.8 Å². The zero-order chi connectivity index (χ0) is 18.9. The Morgan fingerprint density at radius 1 is 1.15 bits per heavy atom. The third-order valence-corrected chi connectivity index (χ3v) is 4.97. The number of piperazine rings is 1. The molecule has 0 bridgehead atoms. The molecule has 1 aromatic heterocycles. The van der Waals surface area contributed by atoms with Crippen molar-refractivity contribution in [2.75, 3.05) is 36.4 Å². The SMILES string of the molecule is Cc1cccc(N2CCN(C(=O)Nc3cc(C(C)(C)C)on3)CC2)c1C. The van der Waals surface area contributed by atoms with Crippen LogP contribution in [0.2, 0.25) is 0 Å². The quantitative estimate of drug-likeness (QED) is 0.885. The third kappa shape index (κ3) is 3.84. The summed E-state index contributed by atoms with van der Waals surface area (Å²) >= 11 is 0. The largest absolute Gasteiger partial charge is 0.368 e. The van der Waals surface area contributed by atoms with E-state index in [9.17, 15) is 4.79 Å². The highest BCUT2D eigenvalue weighted by Gasteiger charge is 2.24. The summed E-state index contributed by atoms with van der Waals surface area (Å²) in [7, 11) is 0. The molecule has 0 aliphatic carbocycles. The van der Waals surface area contributed by atoms with Crippen LogP contribution in [0.1, 0.15) is 37.7 Å². The molecular formula is C20H28N4O2. The molecule has 1 aromatic carbocycles. The van der Waals surface area contributed by atoms with Gasteiger partial charge in [0.2, 0.25) is 0 Å². The lowest BCUT2D eigenvalue weighted by atomic mass is 9.93. The van der Waals surface area contributed by atoms with E-state index < -0.39 is 0 Å². The molecule has 6 nitrogen and oxygen atoms in total. The van der Waals surface area contributed by atoms with E-state index in [0.29, 0.717) is 18.9 Å². The Hall–Kier alpha value is -2.50. The Morgan fingerprint density at radius 2 is 1.85 bits per heavy atom. The van der Waals surface area contributed by atoms with Crippen LogP contribution in [0.3, 0.4) is 0 Å². The molecule has 0 radical (unpaired) electrons. The van der Waals surface area contributed by atoms with E-state index in [2.05, 4.69) is 47.4 Å². The van der Waals surface area contributed by atoms with E-state index in [1.54, 1.807) is 6.07 Å². The van der Waals surface area contributed by atoms with Gasteiger partial charge in [-0.05, 0) is 31.0 Å². The Morgan fingerprint density at radius 3 is 2.46 bits per heavy atom. The van der Waals surface area contributed by atoms with Gasteiger partial charge in [-0.3, -0.25) is 5.32 Å². The number of aryl methyl sites for hydroxylation is 1. The van der Waals surface area contributed by atoms with Crippen molar-refractivity contribution >= 4 is 17.5 Å². The molecule has 26 heavy (non-hydrogen) atoms. The second-order valence-corrected chi connectivity index (χ2v) is 7.95. The highest BCUT2D eigenvalue weighted by Crippen LogP contribution is 2.25. The Balaban J connectivity index is 1.58. The van der Waals surface area contributed by atoms with Crippen molar-refractivity contribution in [2.24, 2.45) is 0 Å². The van der Waals surface area contributed by atoms with Gasteiger partial charge >= 0.3 is 6.03 Å². The molecular weight excluding hydrogens is 328 g/mol. The number of nitrogens with one attached hydrogen (secondary N) is 1. The van der Waals surface area contributed by atoms with Crippen molar-refractivity contribution in [3.05, 3.63) is 41.2 Å². The number of hydrogen-bond acceptors (Lipinski definition) is 4. The molecule has 1 aliphatic rings. The first-order valence-electron chi connectivity index (χ1n) is 9.10. The lowest BCUT2D eigenvalue weighted by Gasteiger charge is -2.36. The Kier molecular flexibility index (Phi) is 4.94. The fourth-order valence-corrected chi connectivity index (χ4v) is 3.10. The van der Waals surface area contributed by atoms with Crippen LogP contribution in [0.5, 0.6) is 0 Å². The number of carbonyl (C=O) groups is 1. The molecule has 2 heterocycles. The second kappa shape index (κ2) is 7.02. The minimum Gasteiger partial charge on any atom is -0.368 e. The lowest BCUT2D eigenvalue weighted by molar-refractivity contribution is 0.208. The van der Waals surface area contributed by atoms with Gasteiger partial charge in [0.25, 0.3) is 0 Å².